The van der Waals surface area contributed by atoms with Gasteiger partial charge in [-0.25, -0.2) is 0 Å². The fourth-order valence-corrected chi connectivity index (χ4v) is 3.57. The fourth-order valence-electron chi connectivity index (χ4n) is 3.57. The lowest BCUT2D eigenvalue weighted by atomic mass is 9.96. The summed E-state index contributed by atoms with van der Waals surface area (Å²) in [6.07, 6.45) is 4.22. The van der Waals surface area contributed by atoms with E-state index >= 15 is 0 Å². The van der Waals surface area contributed by atoms with Gasteiger partial charge < -0.3 is 11.1 Å². The van der Waals surface area contributed by atoms with Gasteiger partial charge in [0.1, 0.15) is 0 Å². The molecule has 142 valence electrons. The molecule has 5 heteroatoms. The highest BCUT2D eigenvalue weighted by atomic mass is 35.5. The molecule has 3 N–H and O–H groups in total. The Morgan fingerprint density at radius 3 is 2.68 bits per heavy atom. The number of carbonyl (C=O) groups is 1. The van der Waals surface area contributed by atoms with Crippen molar-refractivity contribution in [2.75, 3.05) is 13.1 Å². The standard InChI is InChI=1S/C20H33N3O.ClH/c1-4-11-20(3,21)19(24)22-13-17-9-5-6-10-18(17)15-23-12-7-8-16(2)14-23;/h5-6,9-10,16H,4,7-8,11-15,21H2,1-3H3,(H,22,24);1H. The first kappa shape index (κ1) is 21.9. The zero-order valence-corrected chi connectivity index (χ0v) is 16.7. The molecular formula is C20H34ClN3O. The third kappa shape index (κ3) is 6.61. The van der Waals surface area contributed by atoms with E-state index < -0.39 is 5.54 Å². The number of hydrogen-bond acceptors (Lipinski definition) is 3. The Kier molecular flexibility index (Phi) is 8.91. The molecule has 0 aromatic heterocycles. The molecule has 1 heterocycles. The van der Waals surface area contributed by atoms with Gasteiger partial charge in [-0.2, -0.15) is 0 Å². The van der Waals surface area contributed by atoms with E-state index in [2.05, 4.69) is 35.3 Å². The van der Waals surface area contributed by atoms with Crippen molar-refractivity contribution in [2.24, 2.45) is 11.7 Å². The summed E-state index contributed by atoms with van der Waals surface area (Å²) in [6, 6.07) is 8.40. The van der Waals surface area contributed by atoms with Crippen molar-refractivity contribution in [1.29, 1.82) is 0 Å². The second-order valence-electron chi connectivity index (χ2n) is 7.60. The average Bonchev–Trinajstić information content (AvgIpc) is 2.53. The van der Waals surface area contributed by atoms with Crippen LogP contribution in [-0.4, -0.2) is 29.4 Å². The van der Waals surface area contributed by atoms with Crippen LogP contribution in [0.15, 0.2) is 24.3 Å². The number of nitrogens with two attached hydrogens (primary N) is 1. The minimum Gasteiger partial charge on any atom is -0.350 e. The third-order valence-electron chi connectivity index (χ3n) is 4.98. The van der Waals surface area contributed by atoms with Crippen LogP contribution in [-0.2, 0) is 17.9 Å². The first-order valence-corrected chi connectivity index (χ1v) is 9.28. The number of amides is 1. The summed E-state index contributed by atoms with van der Waals surface area (Å²) in [6.45, 7) is 10.0. The van der Waals surface area contributed by atoms with Gasteiger partial charge in [0.15, 0.2) is 0 Å². The highest BCUT2D eigenvalue weighted by Crippen LogP contribution is 2.19. The van der Waals surface area contributed by atoms with Crippen molar-refractivity contribution >= 4 is 18.3 Å². The van der Waals surface area contributed by atoms with Crippen LogP contribution >= 0.6 is 12.4 Å². The maximum atomic E-state index is 12.3. The fraction of sp³-hybridized carbons (Fsp3) is 0.650. The number of hydrogen-bond donors (Lipinski definition) is 2. The molecule has 1 saturated heterocycles. The van der Waals surface area contributed by atoms with Crippen LogP contribution in [0.2, 0.25) is 0 Å². The first-order chi connectivity index (χ1) is 11.4. The largest absolute Gasteiger partial charge is 0.350 e. The van der Waals surface area contributed by atoms with Gasteiger partial charge >= 0.3 is 0 Å². The van der Waals surface area contributed by atoms with Crippen molar-refractivity contribution in [3.63, 3.8) is 0 Å². The van der Waals surface area contributed by atoms with Crippen molar-refractivity contribution in [1.82, 2.24) is 10.2 Å². The predicted octanol–water partition coefficient (Wildman–Crippen LogP) is 3.47. The molecule has 1 aromatic carbocycles. The van der Waals surface area contributed by atoms with Gasteiger partial charge in [-0.05, 0) is 49.8 Å². The Bertz CT molecular complexity index is 547. The summed E-state index contributed by atoms with van der Waals surface area (Å²) in [5, 5.41) is 3.03. The third-order valence-corrected chi connectivity index (χ3v) is 4.98. The lowest BCUT2D eigenvalue weighted by molar-refractivity contribution is -0.126. The monoisotopic (exact) mass is 367 g/mol. The number of benzene rings is 1. The summed E-state index contributed by atoms with van der Waals surface area (Å²) < 4.78 is 0. The molecule has 25 heavy (non-hydrogen) atoms. The van der Waals surface area contributed by atoms with E-state index in [1.54, 1.807) is 0 Å². The van der Waals surface area contributed by atoms with Crippen LogP contribution in [0.3, 0.4) is 0 Å². The van der Waals surface area contributed by atoms with Crippen molar-refractivity contribution in [3.05, 3.63) is 35.4 Å². The molecule has 1 aliphatic rings. The van der Waals surface area contributed by atoms with Crippen LogP contribution in [0, 0.1) is 5.92 Å². The molecule has 1 aliphatic heterocycles. The topological polar surface area (TPSA) is 58.4 Å². The number of likely N-dealkylation sites (tertiary alicyclic amines) is 1. The molecule has 2 unspecified atom stereocenters. The molecule has 2 atom stereocenters. The molecule has 1 amide bonds. The minimum absolute atomic E-state index is 0. The maximum absolute atomic E-state index is 12.3. The zero-order chi connectivity index (χ0) is 17.6. The smallest absolute Gasteiger partial charge is 0.240 e. The van der Waals surface area contributed by atoms with E-state index in [1.807, 2.05) is 19.9 Å². The molecule has 0 bridgehead atoms. The summed E-state index contributed by atoms with van der Waals surface area (Å²) >= 11 is 0. The number of piperidine rings is 1. The zero-order valence-electron chi connectivity index (χ0n) is 15.9. The van der Waals surface area contributed by atoms with E-state index in [0.717, 1.165) is 25.4 Å². The van der Waals surface area contributed by atoms with Crippen LogP contribution in [0.4, 0.5) is 0 Å². The van der Waals surface area contributed by atoms with E-state index in [-0.39, 0.29) is 18.3 Å². The lowest BCUT2D eigenvalue weighted by Gasteiger charge is -2.31. The van der Waals surface area contributed by atoms with Gasteiger partial charge in [-0.1, -0.05) is 44.5 Å². The molecular weight excluding hydrogens is 334 g/mol. The minimum atomic E-state index is -0.786. The average molecular weight is 368 g/mol. The van der Waals surface area contributed by atoms with E-state index in [9.17, 15) is 4.79 Å². The van der Waals surface area contributed by atoms with Gasteiger partial charge in [0.2, 0.25) is 5.91 Å². The number of nitrogens with zero attached hydrogens (tertiary/aromatic N) is 1. The van der Waals surface area contributed by atoms with Crippen molar-refractivity contribution in [3.8, 4) is 0 Å². The summed E-state index contributed by atoms with van der Waals surface area (Å²) in [5.41, 5.74) is 7.83. The first-order valence-electron chi connectivity index (χ1n) is 9.28. The number of carbonyl (C=O) groups excluding carboxylic acids is 1. The summed E-state index contributed by atoms with van der Waals surface area (Å²) in [7, 11) is 0. The molecule has 4 nitrogen and oxygen atoms in total. The number of rotatable bonds is 7. The Morgan fingerprint density at radius 2 is 2.04 bits per heavy atom. The summed E-state index contributed by atoms with van der Waals surface area (Å²) in [5.74, 6) is 0.711. The van der Waals surface area contributed by atoms with Crippen LogP contribution < -0.4 is 11.1 Å². The highest BCUT2D eigenvalue weighted by molar-refractivity contribution is 5.85. The molecule has 0 saturated carbocycles. The summed E-state index contributed by atoms with van der Waals surface area (Å²) in [4.78, 5) is 14.9. The maximum Gasteiger partial charge on any atom is 0.240 e. The normalized spacial score (nSPS) is 20.4. The van der Waals surface area contributed by atoms with Crippen molar-refractivity contribution < 1.29 is 4.79 Å². The quantitative estimate of drug-likeness (QED) is 0.775. The second kappa shape index (κ2) is 10.1. The van der Waals surface area contributed by atoms with Crippen LogP contribution in [0.5, 0.6) is 0 Å². The molecule has 1 aromatic rings. The van der Waals surface area contributed by atoms with Gasteiger partial charge in [0.05, 0.1) is 5.54 Å². The van der Waals surface area contributed by atoms with Crippen molar-refractivity contribution in [2.45, 2.75) is 65.1 Å². The molecule has 2 rings (SSSR count). The predicted molar refractivity (Wildman–Crippen MR) is 107 cm³/mol. The van der Waals surface area contributed by atoms with E-state index in [4.69, 9.17) is 5.73 Å². The van der Waals surface area contributed by atoms with Gasteiger partial charge in [-0.15, -0.1) is 12.4 Å². The molecule has 0 aliphatic carbocycles. The molecule has 0 spiro atoms. The highest BCUT2D eigenvalue weighted by Gasteiger charge is 2.27. The number of nitrogens with one attached hydrogen (secondary N) is 1. The Morgan fingerprint density at radius 1 is 1.36 bits per heavy atom. The second-order valence-corrected chi connectivity index (χ2v) is 7.60. The molecule has 1 fully saturated rings. The van der Waals surface area contributed by atoms with Crippen LogP contribution in [0.25, 0.3) is 0 Å². The van der Waals surface area contributed by atoms with Gasteiger partial charge in [0, 0.05) is 19.6 Å². The molecule has 0 radical (unpaired) electrons. The Labute approximate surface area is 158 Å². The van der Waals surface area contributed by atoms with Crippen LogP contribution in [0.1, 0.15) is 57.6 Å². The van der Waals surface area contributed by atoms with Gasteiger partial charge in [-0.3, -0.25) is 9.69 Å². The SMILES string of the molecule is CCCC(C)(N)C(=O)NCc1ccccc1CN1CCCC(C)C1.Cl. The lowest BCUT2D eigenvalue weighted by Crippen LogP contribution is -2.51. The Balaban J connectivity index is 0.00000312. The number of halogens is 1. The Hall–Kier alpha value is -1.10. The van der Waals surface area contributed by atoms with E-state index in [0.29, 0.717) is 13.0 Å². The van der Waals surface area contributed by atoms with E-state index in [1.165, 1.54) is 30.5 Å². The van der Waals surface area contributed by atoms with Gasteiger partial charge in [0.25, 0.3) is 0 Å².